The maximum atomic E-state index is 6.03. The Morgan fingerprint density at radius 1 is 1.11 bits per heavy atom. The van der Waals surface area contributed by atoms with Gasteiger partial charge in [0.05, 0.1) is 0 Å². The first-order chi connectivity index (χ1) is 9.11. The minimum Gasteiger partial charge on any atom is -0.457 e. The normalized spacial score (nSPS) is 10.3. The van der Waals surface area contributed by atoms with E-state index in [1.165, 1.54) is 11.1 Å². The fourth-order valence-electron chi connectivity index (χ4n) is 1.95. The number of ether oxygens (including phenoxy) is 1. The summed E-state index contributed by atoms with van der Waals surface area (Å²) < 4.78 is 6.03. The molecule has 3 heteroatoms. The Hall–Kier alpha value is -2.03. The van der Waals surface area contributed by atoms with Gasteiger partial charge in [-0.2, -0.15) is 0 Å². The van der Waals surface area contributed by atoms with Crippen LogP contribution in [0.2, 0.25) is 0 Å². The second kappa shape index (κ2) is 5.74. The predicted octanol–water partition coefficient (Wildman–Crippen LogP) is 4.23. The molecule has 19 heavy (non-hydrogen) atoms. The SMILES string of the molecule is CCNc1cc(Oc2c(C)ccc(C)c2C)ccn1. The van der Waals surface area contributed by atoms with E-state index in [0.29, 0.717) is 0 Å². The first-order valence-electron chi connectivity index (χ1n) is 6.56. The molecule has 0 bridgehead atoms. The lowest BCUT2D eigenvalue weighted by molar-refractivity contribution is 0.474. The summed E-state index contributed by atoms with van der Waals surface area (Å²) in [7, 11) is 0. The van der Waals surface area contributed by atoms with E-state index in [0.717, 1.165) is 29.4 Å². The number of pyridine rings is 1. The van der Waals surface area contributed by atoms with E-state index in [-0.39, 0.29) is 0 Å². The number of nitrogens with zero attached hydrogens (tertiary/aromatic N) is 1. The zero-order valence-electron chi connectivity index (χ0n) is 11.9. The first-order valence-corrected chi connectivity index (χ1v) is 6.56. The Bertz CT molecular complexity index is 579. The van der Waals surface area contributed by atoms with Gasteiger partial charge in [0.2, 0.25) is 0 Å². The molecule has 2 aromatic rings. The molecule has 3 nitrogen and oxygen atoms in total. The average molecular weight is 256 g/mol. The second-order valence-electron chi connectivity index (χ2n) is 4.66. The van der Waals surface area contributed by atoms with Gasteiger partial charge in [-0.15, -0.1) is 0 Å². The lowest BCUT2D eigenvalue weighted by Crippen LogP contribution is -1.99. The van der Waals surface area contributed by atoms with Gasteiger partial charge in [0.25, 0.3) is 0 Å². The van der Waals surface area contributed by atoms with Gasteiger partial charge in [-0.3, -0.25) is 0 Å². The van der Waals surface area contributed by atoms with E-state index in [1.807, 2.05) is 19.1 Å². The van der Waals surface area contributed by atoms with Crippen LogP contribution in [0.25, 0.3) is 0 Å². The van der Waals surface area contributed by atoms with Crippen LogP contribution in [0.5, 0.6) is 11.5 Å². The van der Waals surface area contributed by atoms with Crippen LogP contribution in [0.3, 0.4) is 0 Å². The fourth-order valence-corrected chi connectivity index (χ4v) is 1.95. The van der Waals surface area contributed by atoms with E-state index >= 15 is 0 Å². The summed E-state index contributed by atoms with van der Waals surface area (Å²) in [5, 5.41) is 3.18. The Morgan fingerprint density at radius 3 is 2.58 bits per heavy atom. The summed E-state index contributed by atoms with van der Waals surface area (Å²) in [6.45, 7) is 9.14. The van der Waals surface area contributed by atoms with Crippen LogP contribution >= 0.6 is 0 Å². The molecule has 0 atom stereocenters. The maximum absolute atomic E-state index is 6.03. The van der Waals surface area contributed by atoms with Gasteiger partial charge < -0.3 is 10.1 Å². The van der Waals surface area contributed by atoms with Crippen molar-refractivity contribution in [2.75, 3.05) is 11.9 Å². The highest BCUT2D eigenvalue weighted by atomic mass is 16.5. The van der Waals surface area contributed by atoms with E-state index < -0.39 is 0 Å². The molecule has 0 spiro atoms. The van der Waals surface area contributed by atoms with Crippen molar-refractivity contribution in [2.45, 2.75) is 27.7 Å². The summed E-state index contributed by atoms with van der Waals surface area (Å²) in [6, 6.07) is 8.00. The molecule has 0 saturated carbocycles. The third kappa shape index (κ3) is 3.05. The van der Waals surface area contributed by atoms with Crippen molar-refractivity contribution in [2.24, 2.45) is 0 Å². The van der Waals surface area contributed by atoms with E-state index in [2.05, 4.69) is 43.2 Å². The van der Waals surface area contributed by atoms with Gasteiger partial charge in [0.15, 0.2) is 0 Å². The molecule has 0 saturated heterocycles. The third-order valence-corrected chi connectivity index (χ3v) is 3.18. The predicted molar refractivity (Wildman–Crippen MR) is 79.1 cm³/mol. The van der Waals surface area contributed by atoms with Crippen molar-refractivity contribution in [3.05, 3.63) is 47.2 Å². The number of aromatic nitrogens is 1. The van der Waals surface area contributed by atoms with Crippen molar-refractivity contribution in [3.8, 4) is 11.5 Å². The second-order valence-corrected chi connectivity index (χ2v) is 4.66. The summed E-state index contributed by atoms with van der Waals surface area (Å²) in [6.07, 6.45) is 1.76. The van der Waals surface area contributed by atoms with Gasteiger partial charge in [0.1, 0.15) is 17.3 Å². The van der Waals surface area contributed by atoms with Crippen LogP contribution in [0.4, 0.5) is 5.82 Å². The van der Waals surface area contributed by atoms with Gasteiger partial charge >= 0.3 is 0 Å². The van der Waals surface area contributed by atoms with Gasteiger partial charge in [-0.1, -0.05) is 12.1 Å². The Kier molecular flexibility index (Phi) is 4.05. The number of nitrogens with one attached hydrogen (secondary N) is 1. The molecule has 1 aromatic heterocycles. The van der Waals surface area contributed by atoms with Crippen molar-refractivity contribution in [1.29, 1.82) is 0 Å². The van der Waals surface area contributed by atoms with E-state index in [9.17, 15) is 0 Å². The minimum atomic E-state index is 0.808. The molecule has 0 aliphatic rings. The van der Waals surface area contributed by atoms with Crippen molar-refractivity contribution in [1.82, 2.24) is 4.98 Å². The molecule has 0 amide bonds. The summed E-state index contributed by atoms with van der Waals surface area (Å²) in [5.41, 5.74) is 3.56. The van der Waals surface area contributed by atoms with Crippen LogP contribution in [0.1, 0.15) is 23.6 Å². The zero-order valence-corrected chi connectivity index (χ0v) is 11.9. The molecule has 0 aliphatic carbocycles. The lowest BCUT2D eigenvalue weighted by atomic mass is 10.1. The number of hydrogen-bond acceptors (Lipinski definition) is 3. The van der Waals surface area contributed by atoms with Gasteiger partial charge in [-0.25, -0.2) is 4.98 Å². The van der Waals surface area contributed by atoms with Gasteiger partial charge in [0, 0.05) is 18.8 Å². The Labute approximate surface area is 114 Å². The summed E-state index contributed by atoms with van der Waals surface area (Å²) >= 11 is 0. The van der Waals surface area contributed by atoms with Gasteiger partial charge in [-0.05, 0) is 50.5 Å². The maximum Gasteiger partial charge on any atom is 0.133 e. The minimum absolute atomic E-state index is 0.808. The zero-order chi connectivity index (χ0) is 13.8. The molecule has 1 aromatic carbocycles. The highest BCUT2D eigenvalue weighted by Gasteiger charge is 2.08. The van der Waals surface area contributed by atoms with Crippen LogP contribution < -0.4 is 10.1 Å². The van der Waals surface area contributed by atoms with Crippen LogP contribution in [-0.4, -0.2) is 11.5 Å². The first kappa shape index (κ1) is 13.4. The molecule has 0 fully saturated rings. The number of rotatable bonds is 4. The largest absolute Gasteiger partial charge is 0.457 e. The Balaban J connectivity index is 2.31. The standard InChI is InChI=1S/C16H20N2O/c1-5-17-15-10-14(8-9-18-15)19-16-12(3)7-6-11(2)13(16)4/h6-10H,5H2,1-4H3,(H,17,18). The monoisotopic (exact) mass is 256 g/mol. The Morgan fingerprint density at radius 2 is 1.84 bits per heavy atom. The molecule has 0 unspecified atom stereocenters. The highest BCUT2D eigenvalue weighted by Crippen LogP contribution is 2.31. The molecule has 2 rings (SSSR count). The molecule has 1 N–H and O–H groups in total. The lowest BCUT2D eigenvalue weighted by Gasteiger charge is -2.14. The van der Waals surface area contributed by atoms with E-state index in [4.69, 9.17) is 4.74 Å². The van der Waals surface area contributed by atoms with Crippen LogP contribution in [0.15, 0.2) is 30.5 Å². The topological polar surface area (TPSA) is 34.1 Å². The third-order valence-electron chi connectivity index (χ3n) is 3.18. The highest BCUT2D eigenvalue weighted by molar-refractivity contribution is 5.48. The summed E-state index contributed by atoms with van der Waals surface area (Å²) in [5.74, 6) is 2.58. The summed E-state index contributed by atoms with van der Waals surface area (Å²) in [4.78, 5) is 4.24. The van der Waals surface area contributed by atoms with Crippen LogP contribution in [-0.2, 0) is 0 Å². The van der Waals surface area contributed by atoms with Crippen LogP contribution in [0, 0.1) is 20.8 Å². The fraction of sp³-hybridized carbons (Fsp3) is 0.312. The number of anilines is 1. The molecular formula is C16H20N2O. The van der Waals surface area contributed by atoms with Crippen molar-refractivity contribution >= 4 is 5.82 Å². The smallest absolute Gasteiger partial charge is 0.133 e. The quantitative estimate of drug-likeness (QED) is 0.888. The van der Waals surface area contributed by atoms with Crippen molar-refractivity contribution in [3.63, 3.8) is 0 Å². The molecule has 0 radical (unpaired) electrons. The molecule has 100 valence electrons. The average Bonchev–Trinajstić information content (AvgIpc) is 2.40. The molecule has 0 aliphatic heterocycles. The number of hydrogen-bond donors (Lipinski definition) is 1. The van der Waals surface area contributed by atoms with Crippen molar-refractivity contribution < 1.29 is 4.74 Å². The number of aryl methyl sites for hydroxylation is 2. The number of benzene rings is 1. The molecule has 1 heterocycles. The van der Waals surface area contributed by atoms with E-state index in [1.54, 1.807) is 6.20 Å². The molecular weight excluding hydrogens is 236 g/mol.